The SMILES string of the molecule is O=C(Nc1ccccc1)c1ccc2nccn2c1. The fourth-order valence-electron chi connectivity index (χ4n) is 1.78. The maximum Gasteiger partial charge on any atom is 0.257 e. The minimum absolute atomic E-state index is 0.128. The van der Waals surface area contributed by atoms with Gasteiger partial charge in [0.1, 0.15) is 5.65 Å². The lowest BCUT2D eigenvalue weighted by atomic mass is 10.2. The van der Waals surface area contributed by atoms with E-state index in [0.29, 0.717) is 5.56 Å². The molecule has 4 heteroatoms. The third-order valence-electron chi connectivity index (χ3n) is 2.68. The Hall–Kier alpha value is -2.62. The highest BCUT2D eigenvalue weighted by Gasteiger charge is 2.06. The van der Waals surface area contributed by atoms with Crippen molar-refractivity contribution in [3.63, 3.8) is 0 Å². The predicted octanol–water partition coefficient (Wildman–Crippen LogP) is 2.59. The van der Waals surface area contributed by atoms with Crippen LogP contribution >= 0.6 is 0 Å². The monoisotopic (exact) mass is 237 g/mol. The van der Waals surface area contributed by atoms with E-state index in [1.807, 2.05) is 47.0 Å². The molecule has 0 aliphatic carbocycles. The highest BCUT2D eigenvalue weighted by Crippen LogP contribution is 2.09. The number of aromatic nitrogens is 2. The zero-order chi connectivity index (χ0) is 12.4. The predicted molar refractivity (Wildman–Crippen MR) is 69.6 cm³/mol. The number of benzene rings is 1. The summed E-state index contributed by atoms with van der Waals surface area (Å²) < 4.78 is 1.82. The Bertz CT molecular complexity index is 688. The summed E-state index contributed by atoms with van der Waals surface area (Å²) in [5.41, 5.74) is 2.21. The Kier molecular flexibility index (Phi) is 2.53. The van der Waals surface area contributed by atoms with Crippen LogP contribution in [0.15, 0.2) is 61.1 Å². The molecule has 2 aromatic heterocycles. The van der Waals surface area contributed by atoms with E-state index < -0.39 is 0 Å². The molecule has 0 bridgehead atoms. The zero-order valence-corrected chi connectivity index (χ0v) is 9.58. The first kappa shape index (κ1) is 10.5. The van der Waals surface area contributed by atoms with E-state index in [4.69, 9.17) is 0 Å². The molecule has 0 aliphatic heterocycles. The molecule has 3 rings (SSSR count). The molecule has 1 N–H and O–H groups in total. The average Bonchev–Trinajstić information content (AvgIpc) is 2.87. The number of rotatable bonds is 2. The van der Waals surface area contributed by atoms with Crippen LogP contribution in [-0.2, 0) is 0 Å². The molecule has 0 aliphatic rings. The van der Waals surface area contributed by atoms with Gasteiger partial charge in [0.05, 0.1) is 5.56 Å². The summed E-state index contributed by atoms with van der Waals surface area (Å²) in [6, 6.07) is 13.0. The molecule has 0 atom stereocenters. The van der Waals surface area contributed by atoms with Gasteiger partial charge in [-0.15, -0.1) is 0 Å². The summed E-state index contributed by atoms with van der Waals surface area (Å²) in [6.07, 6.45) is 5.28. The van der Waals surface area contributed by atoms with Gasteiger partial charge in [-0.1, -0.05) is 18.2 Å². The Morgan fingerprint density at radius 3 is 2.78 bits per heavy atom. The minimum atomic E-state index is -0.128. The number of nitrogens with zero attached hydrogens (tertiary/aromatic N) is 2. The fourth-order valence-corrected chi connectivity index (χ4v) is 1.78. The number of carbonyl (C=O) groups excluding carboxylic acids is 1. The lowest BCUT2D eigenvalue weighted by Crippen LogP contribution is -2.12. The Morgan fingerprint density at radius 2 is 1.94 bits per heavy atom. The van der Waals surface area contributed by atoms with Crippen LogP contribution in [0.1, 0.15) is 10.4 Å². The molecule has 0 radical (unpaired) electrons. The second-order valence-electron chi connectivity index (χ2n) is 3.93. The van der Waals surface area contributed by atoms with Gasteiger partial charge in [0, 0.05) is 24.3 Å². The zero-order valence-electron chi connectivity index (χ0n) is 9.58. The molecule has 1 amide bonds. The molecule has 0 unspecified atom stereocenters. The van der Waals surface area contributed by atoms with Gasteiger partial charge in [0.15, 0.2) is 0 Å². The van der Waals surface area contributed by atoms with Gasteiger partial charge >= 0.3 is 0 Å². The van der Waals surface area contributed by atoms with Crippen molar-refractivity contribution in [1.82, 2.24) is 9.38 Å². The quantitative estimate of drug-likeness (QED) is 0.744. The van der Waals surface area contributed by atoms with Crippen molar-refractivity contribution in [2.24, 2.45) is 0 Å². The molecule has 0 saturated heterocycles. The molecular formula is C14H11N3O. The molecule has 0 spiro atoms. The summed E-state index contributed by atoms with van der Waals surface area (Å²) in [4.78, 5) is 16.2. The normalized spacial score (nSPS) is 10.4. The van der Waals surface area contributed by atoms with Crippen molar-refractivity contribution < 1.29 is 4.79 Å². The lowest BCUT2D eigenvalue weighted by molar-refractivity contribution is 0.102. The molecule has 1 aromatic carbocycles. The highest BCUT2D eigenvalue weighted by atomic mass is 16.1. The number of para-hydroxylation sites is 1. The van der Waals surface area contributed by atoms with Crippen LogP contribution in [0.25, 0.3) is 5.65 Å². The van der Waals surface area contributed by atoms with Gasteiger partial charge in [-0.3, -0.25) is 4.79 Å². The number of amides is 1. The Balaban J connectivity index is 1.87. The molecule has 0 saturated carbocycles. The number of anilines is 1. The summed E-state index contributed by atoms with van der Waals surface area (Å²) in [5, 5.41) is 2.84. The first-order valence-corrected chi connectivity index (χ1v) is 5.62. The summed E-state index contributed by atoms with van der Waals surface area (Å²) in [6.45, 7) is 0. The van der Waals surface area contributed by atoms with Crippen LogP contribution in [0.2, 0.25) is 0 Å². The molecule has 3 aromatic rings. The third-order valence-corrected chi connectivity index (χ3v) is 2.68. The van der Waals surface area contributed by atoms with E-state index in [1.165, 1.54) is 0 Å². The van der Waals surface area contributed by atoms with Crippen LogP contribution in [0.5, 0.6) is 0 Å². The van der Waals surface area contributed by atoms with Gasteiger partial charge in [-0.2, -0.15) is 0 Å². The Labute approximate surface area is 104 Å². The van der Waals surface area contributed by atoms with Crippen molar-refractivity contribution in [2.45, 2.75) is 0 Å². The average molecular weight is 237 g/mol. The van der Waals surface area contributed by atoms with E-state index in [0.717, 1.165) is 11.3 Å². The molecule has 88 valence electrons. The summed E-state index contributed by atoms with van der Waals surface area (Å²) in [5.74, 6) is -0.128. The van der Waals surface area contributed by atoms with E-state index >= 15 is 0 Å². The topological polar surface area (TPSA) is 46.4 Å². The van der Waals surface area contributed by atoms with Crippen molar-refractivity contribution in [1.29, 1.82) is 0 Å². The second kappa shape index (κ2) is 4.33. The third kappa shape index (κ3) is 1.96. The van der Waals surface area contributed by atoms with E-state index in [-0.39, 0.29) is 5.91 Å². The Morgan fingerprint density at radius 1 is 1.11 bits per heavy atom. The number of pyridine rings is 1. The van der Waals surface area contributed by atoms with Gasteiger partial charge in [-0.25, -0.2) is 4.98 Å². The molecule has 2 heterocycles. The largest absolute Gasteiger partial charge is 0.322 e. The first-order chi connectivity index (χ1) is 8.83. The highest BCUT2D eigenvalue weighted by molar-refractivity contribution is 6.04. The number of carbonyl (C=O) groups is 1. The number of imidazole rings is 1. The number of hydrogen-bond acceptors (Lipinski definition) is 2. The van der Waals surface area contributed by atoms with Gasteiger partial charge < -0.3 is 9.72 Å². The minimum Gasteiger partial charge on any atom is -0.322 e. The lowest BCUT2D eigenvalue weighted by Gasteiger charge is -2.05. The fraction of sp³-hybridized carbons (Fsp3) is 0. The van der Waals surface area contributed by atoms with Crippen molar-refractivity contribution in [3.8, 4) is 0 Å². The maximum absolute atomic E-state index is 12.0. The number of fused-ring (bicyclic) bond motifs is 1. The summed E-state index contributed by atoms with van der Waals surface area (Å²) >= 11 is 0. The van der Waals surface area contributed by atoms with Crippen LogP contribution < -0.4 is 5.32 Å². The number of nitrogens with one attached hydrogen (secondary N) is 1. The van der Waals surface area contributed by atoms with E-state index in [2.05, 4.69) is 10.3 Å². The van der Waals surface area contributed by atoms with E-state index in [9.17, 15) is 4.79 Å². The number of hydrogen-bond donors (Lipinski definition) is 1. The van der Waals surface area contributed by atoms with Crippen molar-refractivity contribution in [3.05, 3.63) is 66.6 Å². The van der Waals surface area contributed by atoms with E-state index in [1.54, 1.807) is 18.5 Å². The maximum atomic E-state index is 12.0. The van der Waals surface area contributed by atoms with Gasteiger partial charge in [-0.05, 0) is 24.3 Å². The molecular weight excluding hydrogens is 226 g/mol. The van der Waals surface area contributed by atoms with Crippen molar-refractivity contribution in [2.75, 3.05) is 5.32 Å². The molecule has 18 heavy (non-hydrogen) atoms. The second-order valence-corrected chi connectivity index (χ2v) is 3.93. The van der Waals surface area contributed by atoms with Crippen LogP contribution in [0.4, 0.5) is 5.69 Å². The standard InChI is InChI=1S/C14H11N3O/c18-14(16-12-4-2-1-3-5-12)11-6-7-13-15-8-9-17(13)10-11/h1-10H,(H,16,18). The summed E-state index contributed by atoms with van der Waals surface area (Å²) in [7, 11) is 0. The van der Waals surface area contributed by atoms with Crippen LogP contribution in [0.3, 0.4) is 0 Å². The smallest absolute Gasteiger partial charge is 0.257 e. The van der Waals surface area contributed by atoms with Gasteiger partial charge in [0.2, 0.25) is 0 Å². The van der Waals surface area contributed by atoms with Gasteiger partial charge in [0.25, 0.3) is 5.91 Å². The molecule has 4 nitrogen and oxygen atoms in total. The molecule has 0 fully saturated rings. The van der Waals surface area contributed by atoms with Crippen molar-refractivity contribution >= 4 is 17.2 Å². The van der Waals surface area contributed by atoms with Crippen LogP contribution in [-0.4, -0.2) is 15.3 Å². The van der Waals surface area contributed by atoms with Crippen LogP contribution in [0, 0.1) is 0 Å². The first-order valence-electron chi connectivity index (χ1n) is 5.62.